The lowest BCUT2D eigenvalue weighted by Crippen LogP contribution is -2.60. The minimum absolute atomic E-state index is 0.104. The van der Waals surface area contributed by atoms with Gasteiger partial charge in [-0.05, 0) is 70.6 Å². The lowest BCUT2D eigenvalue weighted by molar-refractivity contribution is -0.297. The van der Waals surface area contributed by atoms with Crippen molar-refractivity contribution in [3.8, 4) is 0 Å². The van der Waals surface area contributed by atoms with Gasteiger partial charge in [-0.2, -0.15) is 8.42 Å². The first-order chi connectivity index (χ1) is 31.5. The van der Waals surface area contributed by atoms with Gasteiger partial charge in [-0.25, -0.2) is 0 Å². The van der Waals surface area contributed by atoms with E-state index in [9.17, 15) is 37.9 Å². The third kappa shape index (κ3) is 36.6. The number of allylic oxidation sites excluding steroid dienone is 6. The van der Waals surface area contributed by atoms with Gasteiger partial charge in [0, 0.05) is 12.8 Å². The molecule has 1 heterocycles. The van der Waals surface area contributed by atoms with Gasteiger partial charge >= 0.3 is 11.9 Å². The van der Waals surface area contributed by atoms with E-state index >= 15 is 0 Å². The lowest BCUT2D eigenvalue weighted by Gasteiger charge is -2.40. The number of unbranched alkanes of at least 4 members (excludes halogenated alkanes) is 26. The number of esters is 2. The Bertz CT molecular complexity index is 1330. The molecule has 0 aromatic rings. The number of aliphatic hydroxyl groups excluding tert-OH is 3. The molecule has 6 atom stereocenters. The van der Waals surface area contributed by atoms with Crippen LogP contribution in [0.5, 0.6) is 0 Å². The summed E-state index contributed by atoms with van der Waals surface area (Å²) in [5.74, 6) is -2.04. The van der Waals surface area contributed by atoms with Gasteiger partial charge in [-0.15, -0.1) is 0 Å². The zero-order valence-electron chi connectivity index (χ0n) is 40.8. The lowest BCUT2D eigenvalue weighted by atomic mass is 10.00. The molecule has 0 bridgehead atoms. The maximum absolute atomic E-state index is 12.8. The maximum atomic E-state index is 12.8. The smallest absolute Gasteiger partial charge is 0.306 e. The predicted molar refractivity (Wildman–Crippen MR) is 261 cm³/mol. The Labute approximate surface area is 395 Å². The van der Waals surface area contributed by atoms with Gasteiger partial charge in [0.15, 0.2) is 12.4 Å². The molecule has 4 N–H and O–H groups in total. The molecule has 2 unspecified atom stereocenters. The normalized spacial score (nSPS) is 19.8. The average Bonchev–Trinajstić information content (AvgIpc) is 3.27. The molecule has 0 aromatic carbocycles. The van der Waals surface area contributed by atoms with Crippen molar-refractivity contribution in [2.45, 2.75) is 263 Å². The number of rotatable bonds is 44. The van der Waals surface area contributed by atoms with Crippen LogP contribution in [0.1, 0.15) is 226 Å². The second-order valence-corrected chi connectivity index (χ2v) is 19.7. The highest BCUT2D eigenvalue weighted by molar-refractivity contribution is 7.85. The van der Waals surface area contributed by atoms with Gasteiger partial charge < -0.3 is 34.3 Å². The molecular formula is C52H94O12S. The molecule has 0 saturated carbocycles. The standard InChI is InChI=1S/C52H94O12S/c1-3-5-7-9-11-13-15-17-19-20-21-22-23-24-25-26-27-29-31-33-35-37-39-41-48(54)63-45(43-62-52-51(57)50(56)49(55)46(64-52)44-65(58,59)60)42-61-47(53)40-38-36-34-32-30-28-18-16-14-12-10-8-6-4-2/h16,18,26-27,33,35,45-46,49-52,55-57H,3-15,17,19-25,28-32,34,36-44H2,1-2H3,(H,58,59,60)/b18-16+,27-26+,35-33+/t45-,46-,49-,50?,51?,52+/m1/s1. The number of ether oxygens (including phenoxy) is 4. The van der Waals surface area contributed by atoms with E-state index in [4.69, 9.17) is 18.9 Å². The summed E-state index contributed by atoms with van der Waals surface area (Å²) >= 11 is 0. The monoisotopic (exact) mass is 943 g/mol. The molecular weight excluding hydrogens is 849 g/mol. The fraction of sp³-hybridized carbons (Fsp3) is 0.846. The van der Waals surface area contributed by atoms with Gasteiger partial charge in [0.05, 0.1) is 6.61 Å². The number of aliphatic hydroxyl groups is 3. The Morgan fingerprint density at radius 3 is 1.37 bits per heavy atom. The summed E-state index contributed by atoms with van der Waals surface area (Å²) in [6, 6.07) is 0. The first-order valence-corrected chi connectivity index (χ1v) is 27.7. The van der Waals surface area contributed by atoms with Gasteiger partial charge in [0.2, 0.25) is 0 Å². The summed E-state index contributed by atoms with van der Waals surface area (Å²) in [4.78, 5) is 25.5. The molecule has 1 fully saturated rings. The van der Waals surface area contributed by atoms with E-state index in [2.05, 4.69) is 50.3 Å². The molecule has 0 aliphatic carbocycles. The van der Waals surface area contributed by atoms with Crippen LogP contribution >= 0.6 is 0 Å². The number of carbonyl (C=O) groups is 2. The van der Waals surface area contributed by atoms with Gasteiger partial charge in [0.25, 0.3) is 10.1 Å². The van der Waals surface area contributed by atoms with Gasteiger partial charge in [-0.1, -0.05) is 179 Å². The van der Waals surface area contributed by atoms with Crippen LogP contribution in [0.15, 0.2) is 36.5 Å². The van der Waals surface area contributed by atoms with Crippen molar-refractivity contribution in [1.29, 1.82) is 0 Å². The fourth-order valence-corrected chi connectivity index (χ4v) is 8.56. The molecule has 1 aliphatic rings. The van der Waals surface area contributed by atoms with Crippen LogP contribution < -0.4 is 0 Å². The number of hydrogen-bond donors (Lipinski definition) is 4. The maximum Gasteiger partial charge on any atom is 0.306 e. The van der Waals surface area contributed by atoms with Crippen molar-refractivity contribution in [2.75, 3.05) is 19.0 Å². The van der Waals surface area contributed by atoms with Gasteiger partial charge in [-0.3, -0.25) is 14.1 Å². The second-order valence-electron chi connectivity index (χ2n) is 18.2. The van der Waals surface area contributed by atoms with Crippen molar-refractivity contribution >= 4 is 22.1 Å². The number of carbonyl (C=O) groups excluding carboxylic acids is 2. The third-order valence-corrected chi connectivity index (χ3v) is 12.7. The Kier molecular flexibility index (Phi) is 39.4. The van der Waals surface area contributed by atoms with E-state index in [1.807, 2.05) is 0 Å². The second kappa shape index (κ2) is 42.0. The van der Waals surface area contributed by atoms with E-state index < -0.39 is 71.2 Å². The molecule has 1 rings (SSSR count). The van der Waals surface area contributed by atoms with Crippen molar-refractivity contribution < 1.29 is 56.8 Å². The molecule has 0 aromatic heterocycles. The Morgan fingerprint density at radius 2 is 0.908 bits per heavy atom. The first kappa shape index (κ1) is 60.9. The molecule has 0 radical (unpaired) electrons. The zero-order chi connectivity index (χ0) is 47.6. The Balaban J connectivity index is 2.38. The quantitative estimate of drug-likeness (QED) is 0.0196. The SMILES string of the molecule is CCCCCCC/C=C/CCCCCCCC(=O)OC[C@H](CO[C@H]1O[C@H](CS(=O)(=O)O)[C@@H](O)C(O)C1O)OC(=O)CCC/C=C/CC/C=C/CCCCCCCCCCCCCCCC. The van der Waals surface area contributed by atoms with Crippen molar-refractivity contribution in [1.82, 2.24) is 0 Å². The van der Waals surface area contributed by atoms with Crippen LogP contribution in [0.2, 0.25) is 0 Å². The highest BCUT2D eigenvalue weighted by Crippen LogP contribution is 2.24. The molecule has 0 amide bonds. The van der Waals surface area contributed by atoms with Crippen molar-refractivity contribution in [3.05, 3.63) is 36.5 Å². The minimum Gasteiger partial charge on any atom is -0.462 e. The predicted octanol–water partition coefficient (Wildman–Crippen LogP) is 11.7. The van der Waals surface area contributed by atoms with E-state index in [0.717, 1.165) is 57.8 Å². The van der Waals surface area contributed by atoms with Crippen LogP contribution in [0.4, 0.5) is 0 Å². The first-order valence-electron chi connectivity index (χ1n) is 26.0. The molecule has 380 valence electrons. The van der Waals surface area contributed by atoms with Crippen molar-refractivity contribution in [3.63, 3.8) is 0 Å². The summed E-state index contributed by atoms with van der Waals surface area (Å²) in [5, 5.41) is 30.9. The largest absolute Gasteiger partial charge is 0.462 e. The molecule has 65 heavy (non-hydrogen) atoms. The van der Waals surface area contributed by atoms with E-state index in [0.29, 0.717) is 19.3 Å². The molecule has 1 saturated heterocycles. The summed E-state index contributed by atoms with van der Waals surface area (Å²) in [6.07, 6.45) is 40.6. The molecule has 13 heteroatoms. The highest BCUT2D eigenvalue weighted by atomic mass is 32.2. The summed E-state index contributed by atoms with van der Waals surface area (Å²) in [6.45, 7) is 3.74. The molecule has 1 aliphatic heterocycles. The summed E-state index contributed by atoms with van der Waals surface area (Å²) in [5.41, 5.74) is 0. The van der Waals surface area contributed by atoms with Crippen LogP contribution in [-0.2, 0) is 38.7 Å². The Morgan fingerprint density at radius 1 is 0.508 bits per heavy atom. The highest BCUT2D eigenvalue weighted by Gasteiger charge is 2.46. The topological polar surface area (TPSA) is 186 Å². The Hall–Kier alpha value is -2.13. The third-order valence-electron chi connectivity index (χ3n) is 11.9. The zero-order valence-corrected chi connectivity index (χ0v) is 41.7. The van der Waals surface area contributed by atoms with Crippen LogP contribution in [0.25, 0.3) is 0 Å². The average molecular weight is 943 g/mol. The van der Waals surface area contributed by atoms with E-state index in [-0.39, 0.29) is 19.4 Å². The minimum atomic E-state index is -4.61. The van der Waals surface area contributed by atoms with Crippen LogP contribution in [-0.4, -0.2) is 96.0 Å². The number of hydrogen-bond acceptors (Lipinski definition) is 11. The van der Waals surface area contributed by atoms with Crippen molar-refractivity contribution in [2.24, 2.45) is 0 Å². The van der Waals surface area contributed by atoms with Gasteiger partial charge in [0.1, 0.15) is 36.8 Å². The molecule has 0 spiro atoms. The van der Waals surface area contributed by atoms with Crippen LogP contribution in [0, 0.1) is 0 Å². The van der Waals surface area contributed by atoms with E-state index in [1.54, 1.807) is 0 Å². The van der Waals surface area contributed by atoms with E-state index in [1.165, 1.54) is 122 Å². The summed E-state index contributed by atoms with van der Waals surface area (Å²) in [7, 11) is -4.61. The summed E-state index contributed by atoms with van der Waals surface area (Å²) < 4.78 is 54.1. The fourth-order valence-electron chi connectivity index (χ4n) is 7.87. The molecule has 12 nitrogen and oxygen atoms in total. The van der Waals surface area contributed by atoms with Crippen LogP contribution in [0.3, 0.4) is 0 Å².